The summed E-state index contributed by atoms with van der Waals surface area (Å²) in [6, 6.07) is 10.1. The van der Waals surface area contributed by atoms with Gasteiger partial charge in [-0.1, -0.05) is 35.6 Å². The molecule has 1 unspecified atom stereocenters. The third-order valence-electron chi connectivity index (χ3n) is 6.75. The van der Waals surface area contributed by atoms with Crippen molar-refractivity contribution in [1.82, 2.24) is 4.98 Å². The zero-order valence-corrected chi connectivity index (χ0v) is 20.9. The van der Waals surface area contributed by atoms with E-state index in [-0.39, 0.29) is 44.5 Å². The van der Waals surface area contributed by atoms with Gasteiger partial charge >= 0.3 is 5.97 Å². The Kier molecular flexibility index (Phi) is 5.11. The molecular formula is C27H18FN3O6S. The van der Waals surface area contributed by atoms with E-state index in [4.69, 9.17) is 9.15 Å². The number of carbonyl (C=O) groups is 3. The summed E-state index contributed by atoms with van der Waals surface area (Å²) in [7, 11) is 1.22. The van der Waals surface area contributed by atoms with Gasteiger partial charge in [0.15, 0.2) is 16.1 Å². The fourth-order valence-corrected chi connectivity index (χ4v) is 6.24. The second-order valence-corrected chi connectivity index (χ2v) is 9.73. The van der Waals surface area contributed by atoms with Crippen LogP contribution in [-0.2, 0) is 15.1 Å². The Bertz CT molecular complexity index is 1790. The minimum absolute atomic E-state index is 0.00228. The number of ether oxygens (including phenoxy) is 1. The van der Waals surface area contributed by atoms with Gasteiger partial charge in [-0.15, -0.1) is 6.58 Å². The van der Waals surface area contributed by atoms with Crippen LogP contribution in [0.5, 0.6) is 0 Å². The van der Waals surface area contributed by atoms with Gasteiger partial charge < -0.3 is 14.1 Å². The van der Waals surface area contributed by atoms with Crippen molar-refractivity contribution in [3.8, 4) is 0 Å². The van der Waals surface area contributed by atoms with Crippen LogP contribution in [0.3, 0.4) is 0 Å². The van der Waals surface area contributed by atoms with Crippen LogP contribution in [0.25, 0.3) is 11.0 Å². The number of esters is 1. The lowest BCUT2D eigenvalue weighted by molar-refractivity contribution is -0.121. The van der Waals surface area contributed by atoms with E-state index < -0.39 is 34.6 Å². The molecule has 4 aromatic rings. The molecular weight excluding hydrogens is 513 g/mol. The molecule has 4 heterocycles. The Labute approximate surface area is 218 Å². The molecule has 0 saturated heterocycles. The maximum atomic E-state index is 14.4. The van der Waals surface area contributed by atoms with Gasteiger partial charge in [0.2, 0.25) is 5.76 Å². The number of halogens is 1. The standard InChI is InChI=1S/C27H18FN3O6S/c1-4-11-30-17-8-6-5-7-16(17)27(25(30)35)19-20(32)15-12-14(28)9-10-18(15)37-21(19)23(33)31(27)26-29-13(2)22(38-26)24(34)36-3/h4-10,12H,1,11H2,2-3H3. The van der Waals surface area contributed by atoms with Crippen LogP contribution in [-0.4, -0.2) is 36.4 Å². The molecule has 1 spiro atoms. The number of amides is 2. The number of rotatable bonds is 4. The molecule has 2 aliphatic heterocycles. The van der Waals surface area contributed by atoms with E-state index in [9.17, 15) is 23.6 Å². The number of fused-ring (bicyclic) bond motifs is 5. The summed E-state index contributed by atoms with van der Waals surface area (Å²) in [6.07, 6.45) is 1.52. The molecule has 2 aromatic carbocycles. The highest BCUT2D eigenvalue weighted by atomic mass is 32.1. The van der Waals surface area contributed by atoms with Crippen molar-refractivity contribution in [2.45, 2.75) is 12.5 Å². The minimum Gasteiger partial charge on any atom is -0.465 e. The number of anilines is 2. The third-order valence-corrected chi connectivity index (χ3v) is 7.87. The van der Waals surface area contributed by atoms with Gasteiger partial charge in [0, 0.05) is 12.1 Å². The van der Waals surface area contributed by atoms with Crippen molar-refractivity contribution >= 4 is 50.9 Å². The molecule has 0 bridgehead atoms. The van der Waals surface area contributed by atoms with Crippen LogP contribution in [0.2, 0.25) is 0 Å². The van der Waals surface area contributed by atoms with Crippen molar-refractivity contribution < 1.29 is 27.9 Å². The predicted octanol–water partition coefficient (Wildman–Crippen LogP) is 3.92. The topological polar surface area (TPSA) is 110 Å². The smallest absolute Gasteiger partial charge is 0.350 e. The first-order valence-corrected chi connectivity index (χ1v) is 12.3. The fourth-order valence-electron chi connectivity index (χ4n) is 5.21. The molecule has 2 aliphatic rings. The molecule has 9 nitrogen and oxygen atoms in total. The number of aromatic nitrogens is 1. The van der Waals surface area contributed by atoms with Crippen LogP contribution in [0.4, 0.5) is 15.2 Å². The molecule has 0 saturated carbocycles. The summed E-state index contributed by atoms with van der Waals surface area (Å²) < 4.78 is 24.9. The average Bonchev–Trinajstić information content (AvgIpc) is 3.49. The van der Waals surface area contributed by atoms with E-state index in [1.165, 1.54) is 24.2 Å². The van der Waals surface area contributed by atoms with Crippen molar-refractivity contribution in [2.24, 2.45) is 0 Å². The number of nitrogens with zero attached hydrogens (tertiary/aromatic N) is 3. The maximum absolute atomic E-state index is 14.4. The monoisotopic (exact) mass is 531 g/mol. The number of para-hydroxylation sites is 1. The Morgan fingerprint density at radius 3 is 2.74 bits per heavy atom. The van der Waals surface area contributed by atoms with E-state index in [1.54, 1.807) is 31.2 Å². The highest BCUT2D eigenvalue weighted by molar-refractivity contribution is 7.17. The van der Waals surface area contributed by atoms with E-state index >= 15 is 0 Å². The van der Waals surface area contributed by atoms with Crippen molar-refractivity contribution in [1.29, 1.82) is 0 Å². The fraction of sp³-hybridized carbons (Fsp3) is 0.148. The molecule has 1 atom stereocenters. The van der Waals surface area contributed by atoms with Crippen LogP contribution in [0.15, 0.2) is 64.3 Å². The molecule has 190 valence electrons. The average molecular weight is 532 g/mol. The van der Waals surface area contributed by atoms with Crippen molar-refractivity contribution in [2.75, 3.05) is 23.5 Å². The largest absolute Gasteiger partial charge is 0.465 e. The zero-order chi connectivity index (χ0) is 26.9. The Morgan fingerprint density at radius 1 is 1.24 bits per heavy atom. The summed E-state index contributed by atoms with van der Waals surface area (Å²) in [6.45, 7) is 5.40. The molecule has 0 N–H and O–H groups in total. The van der Waals surface area contributed by atoms with E-state index in [0.717, 1.165) is 28.4 Å². The van der Waals surface area contributed by atoms with Gasteiger partial charge in [0.25, 0.3) is 11.8 Å². The summed E-state index contributed by atoms with van der Waals surface area (Å²) in [5.74, 6) is -3.10. The van der Waals surface area contributed by atoms with Crippen LogP contribution < -0.4 is 15.2 Å². The summed E-state index contributed by atoms with van der Waals surface area (Å²) in [5.41, 5.74) is -1.89. The highest BCUT2D eigenvalue weighted by Gasteiger charge is 2.66. The van der Waals surface area contributed by atoms with E-state index in [1.807, 2.05) is 0 Å². The lowest BCUT2D eigenvalue weighted by Gasteiger charge is -2.32. The lowest BCUT2D eigenvalue weighted by atomic mass is 9.84. The SMILES string of the molecule is C=CCN1C(=O)C2(c3ccccc31)c1c(oc3ccc(F)cc3c1=O)C(=O)N2c1nc(C)c(C(=O)OC)s1. The van der Waals surface area contributed by atoms with Crippen LogP contribution in [0.1, 0.15) is 37.0 Å². The number of carbonyl (C=O) groups excluding carboxylic acids is 3. The van der Waals surface area contributed by atoms with Gasteiger partial charge in [0.1, 0.15) is 16.3 Å². The maximum Gasteiger partial charge on any atom is 0.350 e. The Hall–Kier alpha value is -4.64. The van der Waals surface area contributed by atoms with Gasteiger partial charge in [-0.05, 0) is 31.2 Å². The quantitative estimate of drug-likeness (QED) is 0.290. The number of benzene rings is 2. The number of methoxy groups -OCH3 is 1. The number of hydrogen-bond acceptors (Lipinski definition) is 8. The molecule has 2 aromatic heterocycles. The number of hydrogen-bond donors (Lipinski definition) is 0. The second kappa shape index (κ2) is 8.18. The number of thiazole rings is 1. The van der Waals surface area contributed by atoms with Crippen LogP contribution in [0, 0.1) is 12.7 Å². The molecule has 11 heteroatoms. The third kappa shape index (κ3) is 2.87. The molecule has 0 fully saturated rings. The summed E-state index contributed by atoms with van der Waals surface area (Å²) >= 11 is 0.853. The molecule has 0 radical (unpaired) electrons. The molecule has 0 aliphatic carbocycles. The molecule has 6 rings (SSSR count). The predicted molar refractivity (Wildman–Crippen MR) is 137 cm³/mol. The Balaban J connectivity index is 1.75. The first-order chi connectivity index (χ1) is 18.2. The van der Waals surface area contributed by atoms with Gasteiger partial charge in [-0.2, -0.15) is 0 Å². The van der Waals surface area contributed by atoms with Gasteiger partial charge in [-0.25, -0.2) is 14.2 Å². The second-order valence-electron chi connectivity index (χ2n) is 8.75. The van der Waals surface area contributed by atoms with Crippen LogP contribution >= 0.6 is 11.3 Å². The Morgan fingerprint density at radius 2 is 2.00 bits per heavy atom. The minimum atomic E-state index is -2.01. The van der Waals surface area contributed by atoms with E-state index in [2.05, 4.69) is 11.6 Å². The zero-order valence-electron chi connectivity index (χ0n) is 20.1. The number of aryl methyl sites for hydroxylation is 1. The van der Waals surface area contributed by atoms with Gasteiger partial charge in [0.05, 0.1) is 29.4 Å². The molecule has 2 amide bonds. The van der Waals surface area contributed by atoms with Crippen molar-refractivity contribution in [3.05, 3.63) is 98.6 Å². The first kappa shape index (κ1) is 23.7. The summed E-state index contributed by atoms with van der Waals surface area (Å²) in [5, 5.41) is -0.117. The first-order valence-electron chi connectivity index (χ1n) is 11.4. The lowest BCUT2D eigenvalue weighted by Crippen LogP contribution is -2.53. The highest BCUT2D eigenvalue weighted by Crippen LogP contribution is 2.54. The van der Waals surface area contributed by atoms with Crippen molar-refractivity contribution in [3.63, 3.8) is 0 Å². The summed E-state index contributed by atoms with van der Waals surface area (Å²) in [4.78, 5) is 62.0. The van der Waals surface area contributed by atoms with Gasteiger partial charge in [-0.3, -0.25) is 19.3 Å². The van der Waals surface area contributed by atoms with E-state index in [0.29, 0.717) is 11.3 Å². The molecule has 38 heavy (non-hydrogen) atoms. The normalized spacial score (nSPS) is 17.9.